The summed E-state index contributed by atoms with van der Waals surface area (Å²) >= 11 is 0. The Morgan fingerprint density at radius 3 is 2.71 bits per heavy atom. The summed E-state index contributed by atoms with van der Waals surface area (Å²) in [6.45, 7) is 1.72. The van der Waals surface area contributed by atoms with Crippen molar-refractivity contribution in [1.29, 1.82) is 0 Å². The van der Waals surface area contributed by atoms with Crippen LogP contribution in [0.25, 0.3) is 0 Å². The van der Waals surface area contributed by atoms with Gasteiger partial charge in [-0.1, -0.05) is 25.1 Å². The lowest BCUT2D eigenvalue weighted by Crippen LogP contribution is -2.25. The summed E-state index contributed by atoms with van der Waals surface area (Å²) in [6.07, 6.45) is 1.91. The van der Waals surface area contributed by atoms with Crippen molar-refractivity contribution in [2.24, 2.45) is 0 Å². The highest BCUT2D eigenvalue weighted by atomic mass is 16.6. The maximum absolute atomic E-state index is 12.5. The number of hydrogen-bond acceptors (Lipinski definition) is 10. The van der Waals surface area contributed by atoms with Crippen molar-refractivity contribution in [2.45, 2.75) is 19.9 Å². The summed E-state index contributed by atoms with van der Waals surface area (Å²) in [5, 5.41) is 14.3. The summed E-state index contributed by atoms with van der Waals surface area (Å²) in [5.74, 6) is -0.712. The lowest BCUT2D eigenvalue weighted by Gasteiger charge is -2.11. The predicted octanol–water partition coefficient (Wildman–Crippen LogP) is 1.66. The molecule has 0 atom stereocenters. The van der Waals surface area contributed by atoms with Crippen molar-refractivity contribution in [3.63, 3.8) is 0 Å². The zero-order chi connectivity index (χ0) is 22.5. The number of pyridine rings is 1. The molecule has 0 unspecified atom stereocenters. The Kier molecular flexibility index (Phi) is 6.19. The van der Waals surface area contributed by atoms with Crippen molar-refractivity contribution < 1.29 is 14.5 Å². The van der Waals surface area contributed by atoms with Crippen LogP contribution in [0.4, 0.5) is 23.3 Å². The Morgan fingerprint density at radius 1 is 1.29 bits per heavy atom. The fourth-order valence-corrected chi connectivity index (χ4v) is 2.89. The molecule has 0 radical (unpaired) electrons. The Morgan fingerprint density at radius 2 is 2.03 bits per heavy atom. The third-order valence-electron chi connectivity index (χ3n) is 4.34. The van der Waals surface area contributed by atoms with E-state index in [0.29, 0.717) is 0 Å². The van der Waals surface area contributed by atoms with Gasteiger partial charge < -0.3 is 20.4 Å². The molecular formula is C19H19N7O5. The molecule has 3 rings (SSSR count). The van der Waals surface area contributed by atoms with Gasteiger partial charge in [-0.25, -0.2) is 4.79 Å². The van der Waals surface area contributed by atoms with Crippen LogP contribution in [0.5, 0.6) is 0 Å². The van der Waals surface area contributed by atoms with Crippen LogP contribution in [-0.4, -0.2) is 37.5 Å². The standard InChI is InChI=1S/C19H19N7O5/c1-3-11-6-4-5-7-13(11)21-19-23-15(22-18(20)24-19)10-25-9-12(17(28)31-2)8-14(16(25)27)26(29)30/h4-9H,3,10H2,1-2H3,(H3,20,21,22,23,24). The van der Waals surface area contributed by atoms with Crippen LogP contribution in [0.1, 0.15) is 28.7 Å². The van der Waals surface area contributed by atoms with Crippen LogP contribution in [-0.2, 0) is 17.7 Å². The maximum atomic E-state index is 12.5. The molecule has 0 aliphatic rings. The number of para-hydroxylation sites is 1. The van der Waals surface area contributed by atoms with E-state index in [-0.39, 0.29) is 29.8 Å². The Hall–Kier alpha value is -4.35. The molecule has 0 fully saturated rings. The molecule has 0 spiro atoms. The molecule has 31 heavy (non-hydrogen) atoms. The molecular weight excluding hydrogens is 406 g/mol. The number of anilines is 3. The lowest BCUT2D eigenvalue weighted by molar-refractivity contribution is -0.386. The minimum absolute atomic E-state index is 0.0717. The van der Waals surface area contributed by atoms with E-state index in [2.05, 4.69) is 25.0 Å². The van der Waals surface area contributed by atoms with Crippen LogP contribution in [0.15, 0.2) is 41.3 Å². The van der Waals surface area contributed by atoms with Gasteiger partial charge in [0, 0.05) is 18.0 Å². The molecule has 0 saturated heterocycles. The van der Waals surface area contributed by atoms with E-state index in [1.165, 1.54) is 0 Å². The van der Waals surface area contributed by atoms with E-state index in [9.17, 15) is 19.7 Å². The first kappa shape index (κ1) is 21.4. The number of benzene rings is 1. The van der Waals surface area contributed by atoms with Gasteiger partial charge >= 0.3 is 17.2 Å². The number of nitrogens with two attached hydrogens (primary N) is 1. The van der Waals surface area contributed by atoms with E-state index in [1.54, 1.807) is 0 Å². The van der Waals surface area contributed by atoms with Gasteiger partial charge in [-0.2, -0.15) is 15.0 Å². The van der Waals surface area contributed by atoms with E-state index < -0.39 is 22.1 Å². The second-order valence-corrected chi connectivity index (χ2v) is 6.36. The summed E-state index contributed by atoms with van der Waals surface area (Å²) in [5.41, 5.74) is 5.72. The fraction of sp³-hybridized carbons (Fsp3) is 0.211. The van der Waals surface area contributed by atoms with Gasteiger partial charge in [0.2, 0.25) is 11.9 Å². The molecule has 0 saturated carbocycles. The van der Waals surface area contributed by atoms with Gasteiger partial charge in [-0.3, -0.25) is 14.9 Å². The zero-order valence-corrected chi connectivity index (χ0v) is 16.7. The summed E-state index contributed by atoms with van der Waals surface area (Å²) in [6, 6.07) is 8.42. The van der Waals surface area contributed by atoms with Gasteiger partial charge in [0.15, 0.2) is 5.82 Å². The summed E-state index contributed by atoms with van der Waals surface area (Å²) in [7, 11) is 1.13. The Bertz CT molecular complexity index is 1210. The second kappa shape index (κ2) is 8.98. The summed E-state index contributed by atoms with van der Waals surface area (Å²) in [4.78, 5) is 47.0. The number of carbonyl (C=O) groups is 1. The Labute approximate surface area is 175 Å². The predicted molar refractivity (Wildman–Crippen MR) is 111 cm³/mol. The lowest BCUT2D eigenvalue weighted by atomic mass is 10.1. The normalized spacial score (nSPS) is 10.5. The highest BCUT2D eigenvalue weighted by molar-refractivity contribution is 5.89. The number of carbonyl (C=O) groups excluding carboxylic acids is 1. The van der Waals surface area contributed by atoms with Crippen LogP contribution in [0.2, 0.25) is 0 Å². The minimum Gasteiger partial charge on any atom is -0.465 e. The number of aromatic nitrogens is 4. The van der Waals surface area contributed by atoms with E-state index in [1.807, 2.05) is 31.2 Å². The van der Waals surface area contributed by atoms with Crippen molar-refractivity contribution in [3.05, 3.63) is 73.9 Å². The monoisotopic (exact) mass is 425 g/mol. The average Bonchev–Trinajstić information content (AvgIpc) is 2.74. The highest BCUT2D eigenvalue weighted by Gasteiger charge is 2.21. The van der Waals surface area contributed by atoms with Gasteiger partial charge in [0.25, 0.3) is 0 Å². The number of nitrogens with zero attached hydrogens (tertiary/aromatic N) is 5. The van der Waals surface area contributed by atoms with Gasteiger partial charge in [-0.15, -0.1) is 0 Å². The topological polar surface area (TPSA) is 168 Å². The number of rotatable bonds is 7. The van der Waals surface area contributed by atoms with E-state index in [0.717, 1.165) is 41.6 Å². The summed E-state index contributed by atoms with van der Waals surface area (Å²) < 4.78 is 5.54. The molecule has 0 amide bonds. The average molecular weight is 425 g/mol. The molecule has 12 heteroatoms. The van der Waals surface area contributed by atoms with Gasteiger partial charge in [-0.05, 0) is 18.1 Å². The number of nitro groups is 1. The minimum atomic E-state index is -0.928. The quantitative estimate of drug-likeness (QED) is 0.322. The molecule has 2 heterocycles. The van der Waals surface area contributed by atoms with E-state index in [4.69, 9.17) is 5.73 Å². The fourth-order valence-electron chi connectivity index (χ4n) is 2.89. The number of hydrogen-bond donors (Lipinski definition) is 2. The highest BCUT2D eigenvalue weighted by Crippen LogP contribution is 2.19. The van der Waals surface area contributed by atoms with Gasteiger partial charge in [0.05, 0.1) is 24.1 Å². The van der Waals surface area contributed by atoms with Crippen LogP contribution in [0.3, 0.4) is 0 Å². The van der Waals surface area contributed by atoms with E-state index >= 15 is 0 Å². The first-order valence-electron chi connectivity index (χ1n) is 9.15. The van der Waals surface area contributed by atoms with Crippen molar-refractivity contribution in [3.8, 4) is 0 Å². The van der Waals surface area contributed by atoms with Crippen molar-refractivity contribution >= 4 is 29.2 Å². The molecule has 0 aliphatic heterocycles. The van der Waals surface area contributed by atoms with Crippen molar-refractivity contribution in [2.75, 3.05) is 18.2 Å². The number of nitrogens with one attached hydrogen (secondary N) is 1. The number of methoxy groups -OCH3 is 1. The number of aryl methyl sites for hydroxylation is 1. The maximum Gasteiger partial charge on any atom is 0.339 e. The van der Waals surface area contributed by atoms with Crippen LogP contribution >= 0.6 is 0 Å². The number of nitrogen functional groups attached to an aromatic ring is 1. The molecule has 160 valence electrons. The largest absolute Gasteiger partial charge is 0.465 e. The third kappa shape index (κ3) is 4.80. The molecule has 0 bridgehead atoms. The van der Waals surface area contributed by atoms with Gasteiger partial charge in [0.1, 0.15) is 0 Å². The SMILES string of the molecule is CCc1ccccc1Nc1nc(N)nc(Cn2cc(C(=O)OC)cc([N+](=O)[O-])c2=O)n1. The number of esters is 1. The third-order valence-corrected chi connectivity index (χ3v) is 4.34. The smallest absolute Gasteiger partial charge is 0.339 e. The molecule has 2 aromatic heterocycles. The van der Waals surface area contributed by atoms with Crippen LogP contribution < -0.4 is 16.6 Å². The molecule has 0 aliphatic carbocycles. The first-order chi connectivity index (χ1) is 14.8. The second-order valence-electron chi connectivity index (χ2n) is 6.36. The van der Waals surface area contributed by atoms with Crippen molar-refractivity contribution in [1.82, 2.24) is 19.5 Å². The molecule has 1 aromatic carbocycles. The number of ether oxygens (including phenoxy) is 1. The first-order valence-corrected chi connectivity index (χ1v) is 9.15. The molecule has 12 nitrogen and oxygen atoms in total. The molecule has 3 N–H and O–H groups in total. The zero-order valence-electron chi connectivity index (χ0n) is 16.7. The van der Waals surface area contributed by atoms with Crippen LogP contribution in [0, 0.1) is 10.1 Å². The molecule has 3 aromatic rings. The Balaban J connectivity index is 1.99.